The minimum absolute atomic E-state index is 0.267. The van der Waals surface area contributed by atoms with Gasteiger partial charge in [-0.3, -0.25) is 0 Å². The summed E-state index contributed by atoms with van der Waals surface area (Å²) in [6.07, 6.45) is 7.27. The molecule has 96 valence electrons. The number of H-pyrrole nitrogens is 1. The van der Waals surface area contributed by atoms with E-state index in [4.69, 9.17) is 5.11 Å². The molecule has 1 atom stereocenters. The Balaban J connectivity index is 1.68. The monoisotopic (exact) mass is 245 g/mol. The van der Waals surface area contributed by atoms with Crippen molar-refractivity contribution in [2.45, 2.75) is 31.8 Å². The molecule has 0 amide bonds. The van der Waals surface area contributed by atoms with Crippen molar-refractivity contribution in [3.8, 4) is 0 Å². The number of aliphatic hydroxyl groups is 1. The van der Waals surface area contributed by atoms with Crippen LogP contribution in [0.25, 0.3) is 11.0 Å². The Hall–Kier alpha value is -1.39. The fourth-order valence-electron chi connectivity index (χ4n) is 2.54. The van der Waals surface area contributed by atoms with E-state index in [0.29, 0.717) is 6.04 Å². The van der Waals surface area contributed by atoms with E-state index in [1.165, 1.54) is 23.8 Å². The van der Waals surface area contributed by atoms with Crippen LogP contribution < -0.4 is 5.32 Å². The summed E-state index contributed by atoms with van der Waals surface area (Å²) in [6, 6.07) is 4.51. The lowest BCUT2D eigenvalue weighted by molar-refractivity contribution is 0.256. The third-order valence-corrected chi connectivity index (χ3v) is 3.72. The molecule has 3 rings (SSSR count). The van der Waals surface area contributed by atoms with E-state index in [2.05, 4.69) is 21.4 Å². The number of hydrogen-bond acceptors (Lipinski definition) is 3. The summed E-state index contributed by atoms with van der Waals surface area (Å²) >= 11 is 0. The molecule has 1 saturated carbocycles. The van der Waals surface area contributed by atoms with E-state index in [1.54, 1.807) is 6.20 Å². The summed E-state index contributed by atoms with van der Waals surface area (Å²) in [6.45, 7) is 1.11. The average Bonchev–Trinajstić information content (AvgIpc) is 3.16. The van der Waals surface area contributed by atoms with Crippen LogP contribution in [0.15, 0.2) is 24.5 Å². The average molecular weight is 245 g/mol. The van der Waals surface area contributed by atoms with Crippen LogP contribution in [0.3, 0.4) is 0 Å². The van der Waals surface area contributed by atoms with Crippen LogP contribution in [0, 0.1) is 5.92 Å². The molecule has 0 spiro atoms. The molecule has 2 aromatic rings. The Morgan fingerprint density at radius 2 is 2.39 bits per heavy atom. The van der Waals surface area contributed by atoms with Crippen molar-refractivity contribution < 1.29 is 5.11 Å². The molecule has 1 aliphatic carbocycles. The van der Waals surface area contributed by atoms with Gasteiger partial charge in [0.2, 0.25) is 0 Å². The standard InChI is InChI=1S/C14H19N3O/c18-7-5-13(10-3-4-10)16-8-11-9-17-14-12(11)2-1-6-15-14/h1-2,6,9-10,13,16,18H,3-5,7-8H2,(H,15,17). The first kappa shape index (κ1) is 11.7. The molecule has 4 nitrogen and oxygen atoms in total. The molecule has 1 unspecified atom stereocenters. The van der Waals surface area contributed by atoms with Gasteiger partial charge in [-0.2, -0.15) is 0 Å². The van der Waals surface area contributed by atoms with Crippen molar-refractivity contribution in [2.75, 3.05) is 6.61 Å². The normalized spacial score (nSPS) is 17.2. The highest BCUT2D eigenvalue weighted by Crippen LogP contribution is 2.34. The number of fused-ring (bicyclic) bond motifs is 1. The van der Waals surface area contributed by atoms with E-state index >= 15 is 0 Å². The van der Waals surface area contributed by atoms with E-state index < -0.39 is 0 Å². The largest absolute Gasteiger partial charge is 0.396 e. The van der Waals surface area contributed by atoms with Gasteiger partial charge in [0.15, 0.2) is 0 Å². The van der Waals surface area contributed by atoms with E-state index in [1.807, 2.05) is 12.3 Å². The number of rotatable bonds is 6. The van der Waals surface area contributed by atoms with Crippen LogP contribution >= 0.6 is 0 Å². The quantitative estimate of drug-likeness (QED) is 0.727. The lowest BCUT2D eigenvalue weighted by Crippen LogP contribution is -2.31. The molecule has 2 heterocycles. The first-order chi connectivity index (χ1) is 8.88. The molecule has 0 bridgehead atoms. The summed E-state index contributed by atoms with van der Waals surface area (Å²) in [5.74, 6) is 0.764. The smallest absolute Gasteiger partial charge is 0.137 e. The summed E-state index contributed by atoms with van der Waals surface area (Å²) in [5.41, 5.74) is 2.20. The molecule has 0 aromatic carbocycles. The van der Waals surface area contributed by atoms with Crippen molar-refractivity contribution in [3.63, 3.8) is 0 Å². The van der Waals surface area contributed by atoms with Crippen LogP contribution in [0.5, 0.6) is 0 Å². The van der Waals surface area contributed by atoms with Gasteiger partial charge in [-0.15, -0.1) is 0 Å². The fraction of sp³-hybridized carbons (Fsp3) is 0.500. The topological polar surface area (TPSA) is 60.9 Å². The summed E-state index contributed by atoms with van der Waals surface area (Å²) in [5, 5.41) is 13.8. The first-order valence-electron chi connectivity index (χ1n) is 6.63. The Labute approximate surface area is 106 Å². The molecule has 0 aliphatic heterocycles. The summed E-state index contributed by atoms with van der Waals surface area (Å²) in [4.78, 5) is 7.48. The number of aromatic nitrogens is 2. The number of pyridine rings is 1. The molecule has 0 radical (unpaired) electrons. The number of hydrogen-bond donors (Lipinski definition) is 3. The molecule has 18 heavy (non-hydrogen) atoms. The lowest BCUT2D eigenvalue weighted by atomic mass is 10.1. The highest BCUT2D eigenvalue weighted by atomic mass is 16.3. The Kier molecular flexibility index (Phi) is 3.30. The maximum atomic E-state index is 9.09. The summed E-state index contributed by atoms with van der Waals surface area (Å²) < 4.78 is 0. The number of nitrogens with zero attached hydrogens (tertiary/aromatic N) is 1. The number of aromatic amines is 1. The minimum Gasteiger partial charge on any atom is -0.396 e. The van der Waals surface area contributed by atoms with Gasteiger partial charge in [0, 0.05) is 37.0 Å². The predicted molar refractivity (Wildman–Crippen MR) is 71.1 cm³/mol. The molecule has 3 N–H and O–H groups in total. The van der Waals surface area contributed by atoms with E-state index in [9.17, 15) is 0 Å². The fourth-order valence-corrected chi connectivity index (χ4v) is 2.54. The molecular weight excluding hydrogens is 226 g/mol. The third kappa shape index (κ3) is 2.40. The predicted octanol–water partition coefficient (Wildman–Crippen LogP) is 1.81. The van der Waals surface area contributed by atoms with Crippen molar-refractivity contribution in [3.05, 3.63) is 30.1 Å². The highest BCUT2D eigenvalue weighted by molar-refractivity contribution is 5.79. The first-order valence-corrected chi connectivity index (χ1v) is 6.63. The SMILES string of the molecule is OCCC(NCc1c[nH]c2ncccc12)C1CC1. The zero-order chi connectivity index (χ0) is 12.4. The van der Waals surface area contributed by atoms with Gasteiger partial charge in [0.1, 0.15) is 5.65 Å². The van der Waals surface area contributed by atoms with Gasteiger partial charge in [-0.1, -0.05) is 0 Å². The van der Waals surface area contributed by atoms with Gasteiger partial charge in [-0.25, -0.2) is 4.98 Å². The zero-order valence-electron chi connectivity index (χ0n) is 10.4. The molecule has 1 fully saturated rings. The number of nitrogens with one attached hydrogen (secondary N) is 2. The molecule has 1 aliphatic rings. The lowest BCUT2D eigenvalue weighted by Gasteiger charge is -2.16. The molecule has 0 saturated heterocycles. The molecule has 2 aromatic heterocycles. The second-order valence-corrected chi connectivity index (χ2v) is 5.05. The van der Waals surface area contributed by atoms with Gasteiger partial charge >= 0.3 is 0 Å². The Morgan fingerprint density at radius 3 is 3.17 bits per heavy atom. The van der Waals surface area contributed by atoms with Crippen LogP contribution in [0.2, 0.25) is 0 Å². The van der Waals surface area contributed by atoms with Crippen LogP contribution in [-0.4, -0.2) is 27.7 Å². The van der Waals surface area contributed by atoms with Crippen molar-refractivity contribution in [1.82, 2.24) is 15.3 Å². The molecule has 4 heteroatoms. The van der Waals surface area contributed by atoms with Crippen LogP contribution in [-0.2, 0) is 6.54 Å². The van der Waals surface area contributed by atoms with Crippen molar-refractivity contribution in [2.24, 2.45) is 5.92 Å². The minimum atomic E-state index is 0.267. The third-order valence-electron chi connectivity index (χ3n) is 3.72. The maximum Gasteiger partial charge on any atom is 0.137 e. The van der Waals surface area contributed by atoms with Gasteiger partial charge in [-0.05, 0) is 42.9 Å². The van der Waals surface area contributed by atoms with Crippen molar-refractivity contribution in [1.29, 1.82) is 0 Å². The van der Waals surface area contributed by atoms with Crippen LogP contribution in [0.4, 0.5) is 0 Å². The van der Waals surface area contributed by atoms with Crippen molar-refractivity contribution >= 4 is 11.0 Å². The maximum absolute atomic E-state index is 9.09. The number of aliphatic hydroxyl groups excluding tert-OH is 1. The Morgan fingerprint density at radius 1 is 1.50 bits per heavy atom. The van der Waals surface area contributed by atoms with Gasteiger partial charge < -0.3 is 15.4 Å². The summed E-state index contributed by atoms with van der Waals surface area (Å²) in [7, 11) is 0. The zero-order valence-corrected chi connectivity index (χ0v) is 10.4. The highest BCUT2D eigenvalue weighted by Gasteiger charge is 2.30. The van der Waals surface area contributed by atoms with E-state index in [0.717, 1.165) is 24.5 Å². The van der Waals surface area contributed by atoms with E-state index in [-0.39, 0.29) is 6.61 Å². The Bertz CT molecular complexity index is 518. The second kappa shape index (κ2) is 5.08. The van der Waals surface area contributed by atoms with Gasteiger partial charge in [0.25, 0.3) is 0 Å². The second-order valence-electron chi connectivity index (χ2n) is 5.05. The molecular formula is C14H19N3O. The van der Waals surface area contributed by atoms with Crippen LogP contribution in [0.1, 0.15) is 24.8 Å². The van der Waals surface area contributed by atoms with Gasteiger partial charge in [0.05, 0.1) is 0 Å².